The fraction of sp³-hybridized carbons (Fsp3) is 0.355. The summed E-state index contributed by atoms with van der Waals surface area (Å²) >= 11 is 5.98. The van der Waals surface area contributed by atoms with Crippen LogP contribution in [-0.4, -0.2) is 35.9 Å². The largest absolute Gasteiger partial charge is 0.480 e. The van der Waals surface area contributed by atoms with E-state index in [1.165, 1.54) is 11.0 Å². The molecule has 2 amide bonds. The van der Waals surface area contributed by atoms with Crippen molar-refractivity contribution < 1.29 is 18.7 Å². The van der Waals surface area contributed by atoms with Gasteiger partial charge in [0.15, 0.2) is 6.10 Å². The van der Waals surface area contributed by atoms with Crippen molar-refractivity contribution in [2.24, 2.45) is 5.92 Å². The molecule has 1 aliphatic rings. The predicted octanol–water partition coefficient (Wildman–Crippen LogP) is 6.13. The maximum Gasteiger partial charge on any atom is 0.265 e. The lowest BCUT2D eigenvalue weighted by atomic mass is 10.00. The fourth-order valence-corrected chi connectivity index (χ4v) is 5.03. The van der Waals surface area contributed by atoms with Gasteiger partial charge in [0, 0.05) is 54.1 Å². The molecule has 39 heavy (non-hydrogen) atoms. The minimum absolute atomic E-state index is 0.116. The molecule has 8 heteroatoms. The van der Waals surface area contributed by atoms with Crippen LogP contribution in [-0.2, 0) is 22.7 Å². The van der Waals surface area contributed by atoms with Gasteiger partial charge in [-0.15, -0.1) is 0 Å². The van der Waals surface area contributed by atoms with Crippen LogP contribution in [0.4, 0.5) is 10.1 Å². The monoisotopic (exact) mass is 551 g/mol. The topological polar surface area (TPSA) is 61.9 Å². The van der Waals surface area contributed by atoms with E-state index in [0.717, 1.165) is 24.3 Å². The Morgan fingerprint density at radius 2 is 1.79 bits per heavy atom. The zero-order chi connectivity index (χ0) is 28.1. The molecule has 2 atom stereocenters. The first-order chi connectivity index (χ1) is 18.7. The van der Waals surface area contributed by atoms with E-state index in [9.17, 15) is 14.0 Å². The van der Waals surface area contributed by atoms with Crippen molar-refractivity contribution in [1.29, 1.82) is 0 Å². The third-order valence-corrected chi connectivity index (χ3v) is 7.27. The number of nitrogens with zero attached hydrogens (tertiary/aromatic N) is 2. The van der Waals surface area contributed by atoms with Gasteiger partial charge in [0.25, 0.3) is 5.91 Å². The highest BCUT2D eigenvalue weighted by Gasteiger charge is 2.42. The van der Waals surface area contributed by atoms with Crippen LogP contribution in [0, 0.1) is 11.7 Å². The number of nitrogens with one attached hydrogen (secondary N) is 1. The maximum atomic E-state index is 14.9. The van der Waals surface area contributed by atoms with Gasteiger partial charge >= 0.3 is 0 Å². The molecule has 0 fully saturated rings. The molecule has 1 heterocycles. The minimum atomic E-state index is -1.03. The summed E-state index contributed by atoms with van der Waals surface area (Å²) in [6, 6.07) is 18.5. The van der Waals surface area contributed by atoms with E-state index >= 15 is 0 Å². The van der Waals surface area contributed by atoms with Crippen LogP contribution in [0.15, 0.2) is 66.7 Å². The Morgan fingerprint density at radius 1 is 1.08 bits per heavy atom. The molecule has 0 bridgehead atoms. The number of ether oxygens (including phenoxy) is 1. The van der Waals surface area contributed by atoms with E-state index in [1.54, 1.807) is 12.1 Å². The van der Waals surface area contributed by atoms with Crippen LogP contribution in [0.2, 0.25) is 5.02 Å². The lowest BCUT2D eigenvalue weighted by molar-refractivity contribution is -0.147. The number of carbonyl (C=O) groups is 2. The highest BCUT2D eigenvalue weighted by Crippen LogP contribution is 2.39. The number of amides is 2. The molecule has 2 unspecified atom stereocenters. The second kappa shape index (κ2) is 12.5. The van der Waals surface area contributed by atoms with E-state index in [-0.39, 0.29) is 41.4 Å². The summed E-state index contributed by atoms with van der Waals surface area (Å²) in [5.74, 6) is -0.995. The third-order valence-electron chi connectivity index (χ3n) is 7.03. The molecule has 1 aliphatic heterocycles. The molecule has 0 aliphatic carbocycles. The maximum absolute atomic E-state index is 14.9. The van der Waals surface area contributed by atoms with Gasteiger partial charge in [0.05, 0.1) is 0 Å². The first-order valence-electron chi connectivity index (χ1n) is 13.3. The first kappa shape index (κ1) is 28.4. The summed E-state index contributed by atoms with van der Waals surface area (Å²) in [5.41, 5.74) is 2.69. The summed E-state index contributed by atoms with van der Waals surface area (Å²) in [7, 11) is 0. The van der Waals surface area contributed by atoms with Crippen LogP contribution in [0.5, 0.6) is 5.75 Å². The molecule has 0 spiro atoms. The third kappa shape index (κ3) is 6.36. The molecule has 3 aromatic rings. The Morgan fingerprint density at radius 3 is 2.44 bits per heavy atom. The first-order valence-corrected chi connectivity index (χ1v) is 13.7. The molecular weight excluding hydrogens is 517 g/mol. The van der Waals surface area contributed by atoms with Crippen molar-refractivity contribution in [3.05, 3.63) is 94.3 Å². The van der Waals surface area contributed by atoms with Gasteiger partial charge in [0.2, 0.25) is 5.91 Å². The average molecular weight is 552 g/mol. The second-order valence-electron chi connectivity index (χ2n) is 9.98. The van der Waals surface area contributed by atoms with Gasteiger partial charge in [0.1, 0.15) is 17.6 Å². The van der Waals surface area contributed by atoms with Crippen LogP contribution < -0.4 is 15.0 Å². The number of hydrogen-bond donors (Lipinski definition) is 1. The van der Waals surface area contributed by atoms with Crippen molar-refractivity contribution in [3.8, 4) is 5.75 Å². The molecule has 4 rings (SSSR count). The summed E-state index contributed by atoms with van der Waals surface area (Å²) in [4.78, 5) is 31.5. The SMILES string of the molecule is CCN(CC)c1ccc2c(c1)OC(C(C)C)C(=O)N(Cc1ccc(Cl)cc1F)C2C(=O)NCc1ccccc1. The fourth-order valence-electron chi connectivity index (χ4n) is 4.87. The van der Waals surface area contributed by atoms with E-state index in [1.807, 2.05) is 62.4 Å². The molecule has 0 saturated carbocycles. The molecule has 6 nitrogen and oxygen atoms in total. The van der Waals surface area contributed by atoms with Crippen molar-refractivity contribution in [3.63, 3.8) is 0 Å². The summed E-state index contributed by atoms with van der Waals surface area (Å²) < 4.78 is 21.3. The molecule has 0 aromatic heterocycles. The highest BCUT2D eigenvalue weighted by atomic mass is 35.5. The van der Waals surface area contributed by atoms with Crippen molar-refractivity contribution in [2.75, 3.05) is 18.0 Å². The number of hydrogen-bond acceptors (Lipinski definition) is 4. The smallest absolute Gasteiger partial charge is 0.265 e. The normalized spacial score (nSPS) is 16.9. The van der Waals surface area contributed by atoms with Crippen molar-refractivity contribution in [1.82, 2.24) is 10.2 Å². The van der Waals surface area contributed by atoms with Crippen molar-refractivity contribution >= 4 is 29.1 Å². The Kier molecular flexibility index (Phi) is 9.12. The Hall–Kier alpha value is -3.58. The van der Waals surface area contributed by atoms with Gasteiger partial charge in [-0.3, -0.25) is 9.59 Å². The molecular formula is C31H35ClFN3O3. The van der Waals surface area contributed by atoms with Crippen LogP contribution in [0.3, 0.4) is 0 Å². The molecule has 3 aromatic carbocycles. The zero-order valence-corrected chi connectivity index (χ0v) is 23.5. The number of anilines is 1. The lowest BCUT2D eigenvalue weighted by Gasteiger charge is -2.31. The van der Waals surface area contributed by atoms with Crippen LogP contribution in [0.1, 0.15) is 50.4 Å². The van der Waals surface area contributed by atoms with Gasteiger partial charge in [-0.2, -0.15) is 0 Å². The summed E-state index contributed by atoms with van der Waals surface area (Å²) in [6.07, 6.45) is -0.849. The Labute approximate surface area is 234 Å². The number of halogens is 2. The number of benzene rings is 3. The number of rotatable bonds is 9. The van der Waals surface area contributed by atoms with E-state index < -0.39 is 18.0 Å². The van der Waals surface area contributed by atoms with Gasteiger partial charge < -0.3 is 19.9 Å². The highest BCUT2D eigenvalue weighted by molar-refractivity contribution is 6.30. The summed E-state index contributed by atoms with van der Waals surface area (Å²) in [6.45, 7) is 9.69. The lowest BCUT2D eigenvalue weighted by Crippen LogP contribution is -2.47. The minimum Gasteiger partial charge on any atom is -0.480 e. The molecule has 0 radical (unpaired) electrons. The number of carbonyl (C=O) groups excluding carboxylic acids is 2. The predicted molar refractivity (Wildman–Crippen MR) is 152 cm³/mol. The molecule has 0 saturated heterocycles. The second-order valence-corrected chi connectivity index (χ2v) is 10.4. The Balaban J connectivity index is 1.81. The van der Waals surface area contributed by atoms with Gasteiger partial charge in [-0.05, 0) is 43.5 Å². The zero-order valence-electron chi connectivity index (χ0n) is 22.8. The van der Waals surface area contributed by atoms with E-state index in [2.05, 4.69) is 24.1 Å². The summed E-state index contributed by atoms with van der Waals surface area (Å²) in [5, 5.41) is 3.25. The standard InChI is InChI=1S/C31H35ClFN3O3/c1-5-35(6-2)24-14-15-25-27(17-24)39-29(20(3)4)31(38)36(19-22-12-13-23(32)16-26(22)33)28(25)30(37)34-18-21-10-8-7-9-11-21/h7-17,20,28-29H,5-6,18-19H2,1-4H3,(H,34,37). The quantitative estimate of drug-likeness (QED) is 0.347. The number of fused-ring (bicyclic) bond motifs is 1. The van der Waals surface area contributed by atoms with Crippen LogP contribution in [0.25, 0.3) is 0 Å². The average Bonchev–Trinajstić information content (AvgIpc) is 3.04. The van der Waals surface area contributed by atoms with E-state index in [0.29, 0.717) is 11.3 Å². The van der Waals surface area contributed by atoms with Crippen molar-refractivity contribution in [2.45, 2.75) is 52.9 Å². The molecule has 1 N–H and O–H groups in total. The van der Waals surface area contributed by atoms with E-state index in [4.69, 9.17) is 16.3 Å². The van der Waals surface area contributed by atoms with Gasteiger partial charge in [-0.1, -0.05) is 67.9 Å². The van der Waals surface area contributed by atoms with Gasteiger partial charge in [-0.25, -0.2) is 4.39 Å². The Bertz CT molecular complexity index is 1310. The molecule has 206 valence electrons. The van der Waals surface area contributed by atoms with Crippen LogP contribution >= 0.6 is 11.6 Å².